The third-order valence-electron chi connectivity index (χ3n) is 2.57. The van der Waals surface area contributed by atoms with Crippen LogP contribution in [0.4, 0.5) is 11.4 Å². The molecule has 0 aromatic heterocycles. The molecule has 2 aromatic carbocycles. The van der Waals surface area contributed by atoms with Crippen molar-refractivity contribution in [2.24, 2.45) is 0 Å². The molecule has 0 heterocycles. The number of benzene rings is 2. The first-order valence-electron chi connectivity index (χ1n) is 5.58. The normalized spacial score (nSPS) is 11.1. The molecular formula is C13H13BrN2O2S. The SMILES string of the molecule is CNc1ccc(S(=O)(=O)Nc2ccccc2Br)cc1. The standard InChI is InChI=1S/C13H13BrN2O2S/c1-15-10-6-8-11(9-7-10)19(17,18)16-13-5-3-2-4-12(13)14/h2-9,15-16H,1H3. The Bertz CT molecular complexity index is 669. The molecule has 0 radical (unpaired) electrons. The lowest BCUT2D eigenvalue weighted by atomic mass is 10.3. The number of anilines is 2. The monoisotopic (exact) mass is 340 g/mol. The van der Waals surface area contributed by atoms with Crippen molar-refractivity contribution in [1.29, 1.82) is 0 Å². The summed E-state index contributed by atoms with van der Waals surface area (Å²) in [6.07, 6.45) is 0. The molecule has 2 rings (SSSR count). The van der Waals surface area contributed by atoms with E-state index in [0.717, 1.165) is 5.69 Å². The van der Waals surface area contributed by atoms with Crippen molar-refractivity contribution in [3.05, 3.63) is 53.0 Å². The van der Waals surface area contributed by atoms with Crippen molar-refractivity contribution >= 4 is 37.3 Å². The van der Waals surface area contributed by atoms with Gasteiger partial charge in [0.25, 0.3) is 10.0 Å². The Labute approximate surface area is 121 Å². The molecule has 2 aromatic rings. The second-order valence-electron chi connectivity index (χ2n) is 3.86. The first-order chi connectivity index (χ1) is 9.03. The maximum Gasteiger partial charge on any atom is 0.261 e. The van der Waals surface area contributed by atoms with Crippen molar-refractivity contribution in [3.63, 3.8) is 0 Å². The predicted molar refractivity (Wildman–Crippen MR) is 80.9 cm³/mol. The Morgan fingerprint density at radius 1 is 1.00 bits per heavy atom. The molecule has 2 N–H and O–H groups in total. The Kier molecular flexibility index (Phi) is 4.11. The Morgan fingerprint density at radius 3 is 2.21 bits per heavy atom. The molecule has 0 saturated carbocycles. The van der Waals surface area contributed by atoms with Gasteiger partial charge in [-0.3, -0.25) is 4.72 Å². The highest BCUT2D eigenvalue weighted by Gasteiger charge is 2.15. The molecule has 19 heavy (non-hydrogen) atoms. The second-order valence-corrected chi connectivity index (χ2v) is 6.40. The predicted octanol–water partition coefficient (Wildman–Crippen LogP) is 3.29. The lowest BCUT2D eigenvalue weighted by molar-refractivity contribution is 0.601. The van der Waals surface area contributed by atoms with Crippen LogP contribution >= 0.6 is 15.9 Å². The van der Waals surface area contributed by atoms with Gasteiger partial charge in [0.1, 0.15) is 0 Å². The van der Waals surface area contributed by atoms with Gasteiger partial charge in [-0.25, -0.2) is 8.42 Å². The molecule has 0 aliphatic heterocycles. The Hall–Kier alpha value is -1.53. The van der Waals surface area contributed by atoms with Gasteiger partial charge in [0.05, 0.1) is 10.6 Å². The number of para-hydroxylation sites is 1. The average molecular weight is 341 g/mol. The summed E-state index contributed by atoms with van der Waals surface area (Å²) in [6, 6.07) is 13.6. The number of nitrogens with one attached hydrogen (secondary N) is 2. The first-order valence-corrected chi connectivity index (χ1v) is 7.86. The van der Waals surface area contributed by atoms with E-state index in [1.165, 1.54) is 0 Å². The maximum absolute atomic E-state index is 12.2. The molecular weight excluding hydrogens is 328 g/mol. The molecule has 0 spiro atoms. The van der Waals surface area contributed by atoms with Gasteiger partial charge >= 0.3 is 0 Å². The summed E-state index contributed by atoms with van der Waals surface area (Å²) in [5.41, 5.74) is 1.38. The van der Waals surface area contributed by atoms with E-state index >= 15 is 0 Å². The molecule has 0 unspecified atom stereocenters. The van der Waals surface area contributed by atoms with Crippen molar-refractivity contribution in [1.82, 2.24) is 0 Å². The summed E-state index contributed by atoms with van der Waals surface area (Å²) >= 11 is 3.31. The van der Waals surface area contributed by atoms with E-state index in [2.05, 4.69) is 26.0 Å². The van der Waals surface area contributed by atoms with Crippen LogP contribution in [-0.2, 0) is 10.0 Å². The summed E-state index contributed by atoms with van der Waals surface area (Å²) in [5, 5.41) is 2.94. The van der Waals surface area contributed by atoms with Crippen LogP contribution in [0, 0.1) is 0 Å². The van der Waals surface area contributed by atoms with E-state index in [4.69, 9.17) is 0 Å². The number of sulfonamides is 1. The van der Waals surface area contributed by atoms with Crippen LogP contribution < -0.4 is 10.0 Å². The molecule has 0 atom stereocenters. The molecule has 0 saturated heterocycles. The van der Waals surface area contributed by atoms with Crippen molar-refractivity contribution in [3.8, 4) is 0 Å². The van der Waals surface area contributed by atoms with Crippen LogP contribution in [0.15, 0.2) is 57.9 Å². The van der Waals surface area contributed by atoms with Gasteiger partial charge in [-0.2, -0.15) is 0 Å². The number of hydrogen-bond donors (Lipinski definition) is 2. The molecule has 0 amide bonds. The Balaban J connectivity index is 2.30. The van der Waals surface area contributed by atoms with Crippen LogP contribution in [0.1, 0.15) is 0 Å². The lowest BCUT2D eigenvalue weighted by Gasteiger charge is -2.10. The van der Waals surface area contributed by atoms with Crippen molar-refractivity contribution < 1.29 is 8.42 Å². The zero-order valence-corrected chi connectivity index (χ0v) is 12.6. The minimum atomic E-state index is -3.57. The summed E-state index contributed by atoms with van der Waals surface area (Å²) in [6.45, 7) is 0. The van der Waals surface area contributed by atoms with Crippen LogP contribution in [0.3, 0.4) is 0 Å². The van der Waals surface area contributed by atoms with Gasteiger partial charge in [-0.1, -0.05) is 12.1 Å². The average Bonchev–Trinajstić information content (AvgIpc) is 2.41. The number of halogens is 1. The minimum Gasteiger partial charge on any atom is -0.388 e. The highest BCUT2D eigenvalue weighted by molar-refractivity contribution is 9.10. The van der Waals surface area contributed by atoms with Gasteiger partial charge in [0, 0.05) is 17.2 Å². The molecule has 0 bridgehead atoms. The summed E-state index contributed by atoms with van der Waals surface area (Å²) in [7, 11) is -1.79. The lowest BCUT2D eigenvalue weighted by Crippen LogP contribution is -2.13. The van der Waals surface area contributed by atoms with Gasteiger partial charge in [0.2, 0.25) is 0 Å². The van der Waals surface area contributed by atoms with Gasteiger partial charge in [-0.05, 0) is 52.3 Å². The number of hydrogen-bond acceptors (Lipinski definition) is 3. The van der Waals surface area contributed by atoms with Crippen molar-refractivity contribution in [2.75, 3.05) is 17.1 Å². The quantitative estimate of drug-likeness (QED) is 0.897. The van der Waals surface area contributed by atoms with Crippen molar-refractivity contribution in [2.45, 2.75) is 4.90 Å². The summed E-state index contributed by atoms with van der Waals surface area (Å²) < 4.78 is 27.6. The van der Waals surface area contributed by atoms with Gasteiger partial charge < -0.3 is 5.32 Å². The zero-order valence-electron chi connectivity index (χ0n) is 10.2. The Morgan fingerprint density at radius 2 is 1.63 bits per heavy atom. The fourth-order valence-corrected chi connectivity index (χ4v) is 3.14. The maximum atomic E-state index is 12.2. The van der Waals surface area contributed by atoms with E-state index in [0.29, 0.717) is 10.2 Å². The van der Waals surface area contributed by atoms with Crippen LogP contribution in [0.5, 0.6) is 0 Å². The highest BCUT2D eigenvalue weighted by Crippen LogP contribution is 2.24. The van der Waals surface area contributed by atoms with Gasteiger partial charge in [-0.15, -0.1) is 0 Å². The summed E-state index contributed by atoms with van der Waals surface area (Å²) in [5.74, 6) is 0. The smallest absolute Gasteiger partial charge is 0.261 e. The van der Waals surface area contributed by atoms with Gasteiger partial charge in [0.15, 0.2) is 0 Å². The largest absolute Gasteiger partial charge is 0.388 e. The third-order valence-corrected chi connectivity index (χ3v) is 4.64. The van der Waals surface area contributed by atoms with Crippen LogP contribution in [0.25, 0.3) is 0 Å². The van der Waals surface area contributed by atoms with E-state index in [1.54, 1.807) is 49.5 Å². The van der Waals surface area contributed by atoms with E-state index in [1.807, 2.05) is 6.07 Å². The van der Waals surface area contributed by atoms with E-state index in [-0.39, 0.29) is 4.90 Å². The highest BCUT2D eigenvalue weighted by atomic mass is 79.9. The molecule has 0 aliphatic rings. The topological polar surface area (TPSA) is 58.2 Å². The fourth-order valence-electron chi connectivity index (χ4n) is 1.55. The molecule has 0 aliphatic carbocycles. The zero-order chi connectivity index (χ0) is 13.9. The second kappa shape index (κ2) is 5.63. The fraction of sp³-hybridized carbons (Fsp3) is 0.0769. The number of rotatable bonds is 4. The summed E-state index contributed by atoms with van der Waals surface area (Å²) in [4.78, 5) is 0.224. The molecule has 100 valence electrons. The van der Waals surface area contributed by atoms with Crippen LogP contribution in [-0.4, -0.2) is 15.5 Å². The molecule has 4 nitrogen and oxygen atoms in total. The van der Waals surface area contributed by atoms with E-state index < -0.39 is 10.0 Å². The molecule has 6 heteroatoms. The van der Waals surface area contributed by atoms with Crippen LogP contribution in [0.2, 0.25) is 0 Å². The van der Waals surface area contributed by atoms with E-state index in [9.17, 15) is 8.42 Å². The minimum absolute atomic E-state index is 0.224. The molecule has 0 fully saturated rings. The first kappa shape index (κ1) is 13.9. The third kappa shape index (κ3) is 3.27.